The summed E-state index contributed by atoms with van der Waals surface area (Å²) >= 11 is 3.21. The highest BCUT2D eigenvalue weighted by atomic mass is 79.9. The first-order valence-electron chi connectivity index (χ1n) is 5.91. The third kappa shape index (κ3) is 3.74. The summed E-state index contributed by atoms with van der Waals surface area (Å²) in [5, 5.41) is 2.62. The van der Waals surface area contributed by atoms with Crippen molar-refractivity contribution in [3.8, 4) is 0 Å². The molecule has 2 rings (SSSR count). The van der Waals surface area contributed by atoms with E-state index in [9.17, 15) is 9.59 Å². The smallest absolute Gasteiger partial charge is 0.355 e. The number of hydrogen-bond donors (Lipinski definition) is 2. The molecule has 0 saturated carbocycles. The number of ether oxygens (including phenoxy) is 1. The second-order valence-corrected chi connectivity index (χ2v) is 4.99. The second-order valence-electron chi connectivity index (χ2n) is 4.08. The van der Waals surface area contributed by atoms with Crippen molar-refractivity contribution in [3.05, 3.63) is 46.6 Å². The monoisotopic (exact) mass is 340 g/mol. The van der Waals surface area contributed by atoms with Gasteiger partial charge in [-0.3, -0.25) is 4.79 Å². The van der Waals surface area contributed by atoms with E-state index in [-0.39, 0.29) is 18.1 Å². The number of halogens is 1. The van der Waals surface area contributed by atoms with Crippen LogP contribution in [0, 0.1) is 0 Å². The highest BCUT2D eigenvalue weighted by molar-refractivity contribution is 9.10. The Labute approximate surface area is 123 Å². The van der Waals surface area contributed by atoms with Crippen LogP contribution in [0.15, 0.2) is 39.5 Å². The molecule has 0 fully saturated rings. The van der Waals surface area contributed by atoms with Crippen molar-refractivity contribution >= 4 is 27.8 Å². The molecular weight excluding hydrogens is 328 g/mol. The minimum atomic E-state index is -0.889. The SMILES string of the molecule is CC(OC(=O)c1cc(Br)c[nH]1)C(=O)NCc1ccco1. The Morgan fingerprint density at radius 3 is 2.95 bits per heavy atom. The van der Waals surface area contributed by atoms with Crippen LogP contribution in [-0.2, 0) is 16.1 Å². The van der Waals surface area contributed by atoms with E-state index in [1.165, 1.54) is 13.2 Å². The number of furan rings is 1. The highest BCUT2D eigenvalue weighted by Gasteiger charge is 2.19. The number of aromatic nitrogens is 1. The second kappa shape index (κ2) is 6.42. The molecule has 0 aliphatic heterocycles. The molecule has 106 valence electrons. The van der Waals surface area contributed by atoms with E-state index in [0.29, 0.717) is 5.76 Å². The number of rotatable bonds is 5. The lowest BCUT2D eigenvalue weighted by Crippen LogP contribution is -2.35. The maximum Gasteiger partial charge on any atom is 0.355 e. The summed E-state index contributed by atoms with van der Waals surface area (Å²) in [6.07, 6.45) is 2.24. The summed E-state index contributed by atoms with van der Waals surface area (Å²) < 4.78 is 10.9. The van der Waals surface area contributed by atoms with Gasteiger partial charge in [0.15, 0.2) is 6.10 Å². The van der Waals surface area contributed by atoms with E-state index in [1.807, 2.05) is 0 Å². The molecule has 6 nitrogen and oxygen atoms in total. The maximum absolute atomic E-state index is 11.8. The van der Waals surface area contributed by atoms with Gasteiger partial charge in [-0.2, -0.15) is 0 Å². The summed E-state index contributed by atoms with van der Waals surface area (Å²) in [7, 11) is 0. The molecule has 0 aliphatic rings. The largest absolute Gasteiger partial charge is 0.467 e. The zero-order valence-corrected chi connectivity index (χ0v) is 12.3. The van der Waals surface area contributed by atoms with E-state index in [4.69, 9.17) is 9.15 Å². The molecule has 2 heterocycles. The minimum Gasteiger partial charge on any atom is -0.467 e. The van der Waals surface area contributed by atoms with Crippen molar-refractivity contribution < 1.29 is 18.7 Å². The van der Waals surface area contributed by atoms with E-state index in [2.05, 4.69) is 26.2 Å². The number of carbonyl (C=O) groups is 2. The van der Waals surface area contributed by atoms with Crippen molar-refractivity contribution in [1.82, 2.24) is 10.3 Å². The Morgan fingerprint density at radius 1 is 1.55 bits per heavy atom. The zero-order chi connectivity index (χ0) is 14.5. The fourth-order valence-corrected chi connectivity index (χ4v) is 1.84. The predicted octanol–water partition coefficient (Wildman–Crippen LogP) is 2.23. The Hall–Kier alpha value is -2.02. The van der Waals surface area contributed by atoms with Gasteiger partial charge in [-0.15, -0.1) is 0 Å². The predicted molar refractivity (Wildman–Crippen MR) is 73.9 cm³/mol. The lowest BCUT2D eigenvalue weighted by Gasteiger charge is -2.12. The Morgan fingerprint density at radius 2 is 2.35 bits per heavy atom. The fourth-order valence-electron chi connectivity index (χ4n) is 1.49. The molecule has 2 aromatic heterocycles. The van der Waals surface area contributed by atoms with Crippen molar-refractivity contribution in [2.75, 3.05) is 0 Å². The molecule has 1 atom stereocenters. The van der Waals surface area contributed by atoms with Gasteiger partial charge in [-0.05, 0) is 41.1 Å². The van der Waals surface area contributed by atoms with Crippen LogP contribution in [0.1, 0.15) is 23.2 Å². The summed E-state index contributed by atoms with van der Waals surface area (Å²) in [4.78, 5) is 26.2. The summed E-state index contributed by atoms with van der Waals surface area (Å²) in [6, 6.07) is 5.05. The van der Waals surface area contributed by atoms with Crippen molar-refractivity contribution in [2.24, 2.45) is 0 Å². The Bertz CT molecular complexity index is 591. The van der Waals surface area contributed by atoms with Crippen molar-refractivity contribution in [3.63, 3.8) is 0 Å². The number of hydrogen-bond acceptors (Lipinski definition) is 4. The third-order valence-corrected chi connectivity index (χ3v) is 3.00. The number of H-pyrrole nitrogens is 1. The Balaban J connectivity index is 1.83. The number of nitrogens with one attached hydrogen (secondary N) is 2. The Kier molecular flexibility index (Phi) is 4.62. The molecule has 2 aromatic rings. The van der Waals surface area contributed by atoms with Crippen LogP contribution in [0.2, 0.25) is 0 Å². The van der Waals surface area contributed by atoms with Crippen LogP contribution >= 0.6 is 15.9 Å². The molecule has 20 heavy (non-hydrogen) atoms. The van der Waals surface area contributed by atoms with Crippen LogP contribution < -0.4 is 5.32 Å². The molecular formula is C13H13BrN2O4. The molecule has 1 unspecified atom stereocenters. The van der Waals surface area contributed by atoms with Gasteiger partial charge in [0.05, 0.1) is 12.8 Å². The third-order valence-electron chi connectivity index (χ3n) is 2.54. The van der Waals surface area contributed by atoms with Gasteiger partial charge < -0.3 is 19.5 Å². The van der Waals surface area contributed by atoms with Gasteiger partial charge in [0, 0.05) is 10.7 Å². The fraction of sp³-hybridized carbons (Fsp3) is 0.231. The first-order chi connectivity index (χ1) is 9.56. The molecule has 7 heteroatoms. The van der Waals surface area contributed by atoms with E-state index in [0.717, 1.165) is 4.47 Å². The number of aromatic amines is 1. The molecule has 1 amide bonds. The molecule has 0 radical (unpaired) electrons. The summed E-state index contributed by atoms with van der Waals surface area (Å²) in [5.41, 5.74) is 0.280. The van der Waals surface area contributed by atoms with Gasteiger partial charge in [0.2, 0.25) is 0 Å². The first-order valence-corrected chi connectivity index (χ1v) is 6.70. The molecule has 0 aliphatic carbocycles. The molecule has 0 bridgehead atoms. The summed E-state index contributed by atoms with van der Waals surface area (Å²) in [5.74, 6) is -0.345. The number of carbonyl (C=O) groups excluding carboxylic acids is 2. The van der Waals surface area contributed by atoms with Crippen LogP contribution in [0.25, 0.3) is 0 Å². The van der Waals surface area contributed by atoms with Gasteiger partial charge in [-0.1, -0.05) is 0 Å². The van der Waals surface area contributed by atoms with Gasteiger partial charge >= 0.3 is 5.97 Å². The van der Waals surface area contributed by atoms with E-state index >= 15 is 0 Å². The van der Waals surface area contributed by atoms with Crippen LogP contribution in [-0.4, -0.2) is 23.0 Å². The average Bonchev–Trinajstić information content (AvgIpc) is 3.06. The van der Waals surface area contributed by atoms with E-state index in [1.54, 1.807) is 24.4 Å². The van der Waals surface area contributed by atoms with Crippen molar-refractivity contribution in [1.29, 1.82) is 0 Å². The standard InChI is InChI=1S/C13H13BrN2O4/c1-8(12(17)16-7-10-3-2-4-19-10)20-13(18)11-5-9(14)6-15-11/h2-6,8,15H,7H2,1H3,(H,16,17). The van der Waals surface area contributed by atoms with Gasteiger partial charge in [0.25, 0.3) is 5.91 Å². The maximum atomic E-state index is 11.8. The minimum absolute atomic E-state index is 0.252. The lowest BCUT2D eigenvalue weighted by atomic mass is 10.3. The quantitative estimate of drug-likeness (QED) is 0.817. The summed E-state index contributed by atoms with van der Waals surface area (Å²) in [6.45, 7) is 1.76. The topological polar surface area (TPSA) is 84.3 Å². The normalized spacial score (nSPS) is 11.9. The van der Waals surface area contributed by atoms with Crippen LogP contribution in [0.4, 0.5) is 0 Å². The zero-order valence-electron chi connectivity index (χ0n) is 10.7. The van der Waals surface area contributed by atoms with Crippen LogP contribution in [0.3, 0.4) is 0 Å². The van der Waals surface area contributed by atoms with Gasteiger partial charge in [0.1, 0.15) is 11.5 Å². The van der Waals surface area contributed by atoms with Crippen molar-refractivity contribution in [2.45, 2.75) is 19.6 Å². The molecule has 0 spiro atoms. The lowest BCUT2D eigenvalue weighted by molar-refractivity contribution is -0.129. The molecule has 0 aromatic carbocycles. The van der Waals surface area contributed by atoms with Crippen LogP contribution in [0.5, 0.6) is 0 Å². The first kappa shape index (κ1) is 14.4. The number of esters is 1. The van der Waals surface area contributed by atoms with E-state index < -0.39 is 12.1 Å². The average molecular weight is 341 g/mol. The number of amides is 1. The molecule has 2 N–H and O–H groups in total. The van der Waals surface area contributed by atoms with Gasteiger partial charge in [-0.25, -0.2) is 4.79 Å². The highest BCUT2D eigenvalue weighted by Crippen LogP contribution is 2.12. The molecule has 0 saturated heterocycles.